The van der Waals surface area contributed by atoms with E-state index < -0.39 is 24.2 Å². The fraction of sp³-hybridized carbons (Fsp3) is 0.222. The Balaban J connectivity index is 1.72. The van der Waals surface area contributed by atoms with Crippen LogP contribution in [0.3, 0.4) is 0 Å². The van der Waals surface area contributed by atoms with Crippen LogP contribution < -0.4 is 10.1 Å². The summed E-state index contributed by atoms with van der Waals surface area (Å²) < 4.78 is 34.6. The zero-order valence-electron chi connectivity index (χ0n) is 13.9. The molecule has 0 aliphatic heterocycles. The van der Waals surface area contributed by atoms with Crippen LogP contribution in [0.5, 0.6) is 5.75 Å². The van der Waals surface area contributed by atoms with Crippen molar-refractivity contribution in [1.29, 1.82) is 0 Å². The number of nitrogens with one attached hydrogen (secondary N) is 1. The van der Waals surface area contributed by atoms with Gasteiger partial charge in [-0.05, 0) is 42.8 Å². The molecule has 2 rings (SSSR count). The van der Waals surface area contributed by atoms with E-state index in [9.17, 15) is 18.4 Å². The Labute approximate surface area is 153 Å². The van der Waals surface area contributed by atoms with Gasteiger partial charge in [-0.25, -0.2) is 4.79 Å². The second-order valence-corrected chi connectivity index (χ2v) is 6.23. The minimum Gasteiger partial charge on any atom is -0.482 e. The molecule has 0 aliphatic rings. The fourth-order valence-corrected chi connectivity index (χ4v) is 2.46. The number of carbonyl (C=O) groups is 2. The first-order valence-corrected chi connectivity index (χ1v) is 8.51. The summed E-state index contributed by atoms with van der Waals surface area (Å²) in [5.41, 5.74) is 1.30. The Kier molecular flexibility index (Phi) is 7.40. The van der Waals surface area contributed by atoms with Crippen molar-refractivity contribution in [2.45, 2.75) is 17.6 Å². The van der Waals surface area contributed by atoms with Gasteiger partial charge in [-0.3, -0.25) is 4.79 Å². The van der Waals surface area contributed by atoms with Gasteiger partial charge in [-0.1, -0.05) is 30.0 Å². The molecule has 5 nitrogen and oxygen atoms in total. The number of hydrogen-bond acceptors (Lipinski definition) is 5. The molecule has 0 bridgehead atoms. The number of aryl methyl sites for hydroxylation is 1. The fourth-order valence-electron chi connectivity index (χ4n) is 1.96. The normalized spacial score (nSPS) is 10.5. The molecule has 2 aromatic carbocycles. The largest absolute Gasteiger partial charge is 0.482 e. The van der Waals surface area contributed by atoms with Gasteiger partial charge >= 0.3 is 5.97 Å². The molecule has 0 saturated heterocycles. The lowest BCUT2D eigenvalue weighted by Gasteiger charge is -2.09. The Bertz CT molecular complexity index is 753. The summed E-state index contributed by atoms with van der Waals surface area (Å²) in [5, 5.41) is 2.51. The number of para-hydroxylation sites is 1. The van der Waals surface area contributed by atoms with E-state index in [0.717, 1.165) is 5.56 Å². The van der Waals surface area contributed by atoms with Gasteiger partial charge in [0.05, 0.1) is 0 Å². The number of halogens is 2. The predicted molar refractivity (Wildman–Crippen MR) is 94.6 cm³/mol. The van der Waals surface area contributed by atoms with Crippen molar-refractivity contribution in [1.82, 2.24) is 0 Å². The Morgan fingerprint density at radius 3 is 2.42 bits per heavy atom. The number of thioether (sulfide) groups is 1. The highest BCUT2D eigenvalue weighted by molar-refractivity contribution is 7.99. The summed E-state index contributed by atoms with van der Waals surface area (Å²) in [6, 6.07) is 13.1. The van der Waals surface area contributed by atoms with Crippen molar-refractivity contribution in [3.05, 3.63) is 54.1 Å². The van der Waals surface area contributed by atoms with Crippen molar-refractivity contribution in [2.75, 3.05) is 18.5 Å². The maximum absolute atomic E-state index is 12.2. The number of esters is 1. The lowest BCUT2D eigenvalue weighted by Crippen LogP contribution is -2.23. The van der Waals surface area contributed by atoms with Crippen LogP contribution in [0, 0.1) is 6.92 Å². The number of anilines is 1. The van der Waals surface area contributed by atoms with Crippen LogP contribution in [0.25, 0.3) is 0 Å². The Morgan fingerprint density at radius 2 is 1.77 bits per heavy atom. The summed E-state index contributed by atoms with van der Waals surface area (Å²) in [7, 11) is 0. The molecule has 138 valence electrons. The van der Waals surface area contributed by atoms with E-state index in [1.807, 2.05) is 19.1 Å². The zero-order valence-corrected chi connectivity index (χ0v) is 14.7. The number of rotatable bonds is 8. The number of alkyl halides is 2. The van der Waals surface area contributed by atoms with E-state index in [1.165, 1.54) is 24.3 Å². The third kappa shape index (κ3) is 6.72. The molecule has 0 aliphatic carbocycles. The molecule has 1 amide bonds. The van der Waals surface area contributed by atoms with Crippen molar-refractivity contribution in [3.8, 4) is 5.75 Å². The van der Waals surface area contributed by atoms with Gasteiger partial charge in [-0.15, -0.1) is 0 Å². The summed E-state index contributed by atoms with van der Waals surface area (Å²) in [6.45, 7) is 1.07. The number of ether oxygens (including phenoxy) is 2. The molecule has 26 heavy (non-hydrogen) atoms. The van der Waals surface area contributed by atoms with Gasteiger partial charge in [0.2, 0.25) is 0 Å². The molecule has 8 heteroatoms. The van der Waals surface area contributed by atoms with Gasteiger partial charge in [-0.2, -0.15) is 8.78 Å². The van der Waals surface area contributed by atoms with E-state index in [-0.39, 0.29) is 6.61 Å². The molecule has 0 atom stereocenters. The average molecular weight is 381 g/mol. The highest BCUT2D eigenvalue weighted by Gasteiger charge is 2.10. The van der Waals surface area contributed by atoms with E-state index in [1.54, 1.807) is 12.1 Å². The van der Waals surface area contributed by atoms with E-state index in [0.29, 0.717) is 28.1 Å². The molecule has 1 N–H and O–H groups in total. The number of benzene rings is 2. The highest BCUT2D eigenvalue weighted by atomic mass is 32.2. The van der Waals surface area contributed by atoms with Crippen LogP contribution in [-0.2, 0) is 14.3 Å². The molecule has 0 aromatic heterocycles. The van der Waals surface area contributed by atoms with Gasteiger partial charge in [0.25, 0.3) is 11.7 Å². The van der Waals surface area contributed by atoms with Crippen LogP contribution in [0.15, 0.2) is 53.4 Å². The number of hydrogen-bond donors (Lipinski definition) is 1. The number of amides is 1. The molecule has 0 unspecified atom stereocenters. The first kappa shape index (κ1) is 19.7. The average Bonchev–Trinajstić information content (AvgIpc) is 2.60. The summed E-state index contributed by atoms with van der Waals surface area (Å²) in [4.78, 5) is 23.8. The smallest absolute Gasteiger partial charge is 0.344 e. The number of carbonyl (C=O) groups excluding carboxylic acids is 2. The lowest BCUT2D eigenvalue weighted by atomic mass is 10.2. The van der Waals surface area contributed by atoms with Crippen LogP contribution in [0.1, 0.15) is 5.56 Å². The molecule has 0 heterocycles. The third-order valence-electron chi connectivity index (χ3n) is 3.17. The monoisotopic (exact) mass is 381 g/mol. The van der Waals surface area contributed by atoms with Crippen molar-refractivity contribution in [3.63, 3.8) is 0 Å². The van der Waals surface area contributed by atoms with Gasteiger partial charge in [0.15, 0.2) is 13.2 Å². The maximum Gasteiger partial charge on any atom is 0.344 e. The molecular weight excluding hydrogens is 364 g/mol. The van der Waals surface area contributed by atoms with Crippen LogP contribution in [0.4, 0.5) is 14.5 Å². The summed E-state index contributed by atoms with van der Waals surface area (Å²) >= 11 is 0.415. The molecule has 0 spiro atoms. The second kappa shape index (κ2) is 9.76. The molecular formula is C18H17F2NO4S. The molecule has 2 aromatic rings. The Morgan fingerprint density at radius 1 is 1.08 bits per heavy atom. The molecule has 0 saturated carbocycles. The zero-order chi connectivity index (χ0) is 18.9. The summed E-state index contributed by atoms with van der Waals surface area (Å²) in [6.07, 6.45) is 0. The van der Waals surface area contributed by atoms with Crippen LogP contribution in [-0.4, -0.2) is 30.8 Å². The first-order valence-electron chi connectivity index (χ1n) is 7.63. The first-order chi connectivity index (χ1) is 12.4. The van der Waals surface area contributed by atoms with Gasteiger partial charge in [0, 0.05) is 10.6 Å². The standard InChI is InChI=1S/C18H17F2NO4S/c1-12-4-2-3-5-15(12)24-11-17(23)25-10-16(22)21-13-6-8-14(9-7-13)26-18(19)20/h2-9,18H,10-11H2,1H3,(H,21,22). The van der Waals surface area contributed by atoms with Crippen molar-refractivity contribution < 1.29 is 27.8 Å². The Hall–Kier alpha value is -2.61. The van der Waals surface area contributed by atoms with Crippen molar-refractivity contribution >= 4 is 29.3 Å². The second-order valence-electron chi connectivity index (χ2n) is 5.17. The summed E-state index contributed by atoms with van der Waals surface area (Å²) in [5.74, 6) is -3.15. The van der Waals surface area contributed by atoms with E-state index in [4.69, 9.17) is 9.47 Å². The van der Waals surface area contributed by atoms with Gasteiger partial charge < -0.3 is 14.8 Å². The topological polar surface area (TPSA) is 64.6 Å². The predicted octanol–water partition coefficient (Wildman–Crippen LogP) is 3.87. The third-order valence-corrected chi connectivity index (χ3v) is 3.89. The van der Waals surface area contributed by atoms with Crippen molar-refractivity contribution in [2.24, 2.45) is 0 Å². The van der Waals surface area contributed by atoms with E-state index >= 15 is 0 Å². The minimum absolute atomic E-state index is 0.308. The van der Waals surface area contributed by atoms with Crippen LogP contribution >= 0.6 is 11.8 Å². The quantitative estimate of drug-likeness (QED) is 0.556. The van der Waals surface area contributed by atoms with Crippen LogP contribution in [0.2, 0.25) is 0 Å². The maximum atomic E-state index is 12.2. The van der Waals surface area contributed by atoms with E-state index in [2.05, 4.69) is 5.32 Å². The molecule has 0 radical (unpaired) electrons. The molecule has 0 fully saturated rings. The highest BCUT2D eigenvalue weighted by Crippen LogP contribution is 2.26. The van der Waals surface area contributed by atoms with Gasteiger partial charge in [0.1, 0.15) is 5.75 Å². The minimum atomic E-state index is -2.50. The SMILES string of the molecule is Cc1ccccc1OCC(=O)OCC(=O)Nc1ccc(SC(F)F)cc1. The lowest BCUT2D eigenvalue weighted by molar-refractivity contribution is -0.149.